The molecule has 0 N–H and O–H groups in total. The summed E-state index contributed by atoms with van der Waals surface area (Å²) in [5.41, 5.74) is 0. The normalized spacial score (nSPS) is 12.1. The van der Waals surface area contributed by atoms with Crippen molar-refractivity contribution in [1.82, 2.24) is 0 Å². The SMILES string of the molecule is O=NC(CF)CO[N+](=O)[O-]. The van der Waals surface area contributed by atoms with Crippen molar-refractivity contribution in [2.75, 3.05) is 13.3 Å². The minimum Gasteiger partial charge on any atom is -0.311 e. The van der Waals surface area contributed by atoms with E-state index >= 15 is 0 Å². The summed E-state index contributed by atoms with van der Waals surface area (Å²) in [6.45, 7) is -1.66. The predicted octanol–water partition coefficient (Wildman–Crippen LogP) is 0.299. The zero-order chi connectivity index (χ0) is 7.98. The van der Waals surface area contributed by atoms with E-state index in [2.05, 4.69) is 10.0 Å². The van der Waals surface area contributed by atoms with Gasteiger partial charge in [-0.3, -0.25) is 0 Å². The van der Waals surface area contributed by atoms with Crippen LogP contribution in [0.3, 0.4) is 0 Å². The van der Waals surface area contributed by atoms with Gasteiger partial charge in [-0.05, 0) is 0 Å². The Kier molecular flexibility index (Phi) is 4.01. The van der Waals surface area contributed by atoms with Crippen LogP contribution in [0.1, 0.15) is 0 Å². The largest absolute Gasteiger partial charge is 0.311 e. The van der Waals surface area contributed by atoms with Crippen LogP contribution in [0.4, 0.5) is 4.39 Å². The van der Waals surface area contributed by atoms with Crippen molar-refractivity contribution in [3.05, 3.63) is 15.0 Å². The molecule has 0 amide bonds. The first-order valence-electron chi connectivity index (χ1n) is 2.36. The maximum absolute atomic E-state index is 11.5. The summed E-state index contributed by atoms with van der Waals surface area (Å²) in [5.74, 6) is 0. The van der Waals surface area contributed by atoms with Crippen LogP contribution in [0.2, 0.25) is 0 Å². The molecule has 0 saturated heterocycles. The third kappa shape index (κ3) is 3.70. The average molecular weight is 152 g/mol. The van der Waals surface area contributed by atoms with Gasteiger partial charge in [0.1, 0.15) is 19.3 Å². The molecule has 0 aromatic carbocycles. The molecule has 0 aliphatic heterocycles. The Labute approximate surface area is 55.0 Å². The van der Waals surface area contributed by atoms with Crippen molar-refractivity contribution in [3.8, 4) is 0 Å². The quantitative estimate of drug-likeness (QED) is 0.322. The Balaban J connectivity index is 3.44. The topological polar surface area (TPSA) is 81.8 Å². The predicted molar refractivity (Wildman–Crippen MR) is 28.5 cm³/mol. The zero-order valence-corrected chi connectivity index (χ0v) is 4.90. The zero-order valence-electron chi connectivity index (χ0n) is 4.90. The lowest BCUT2D eigenvalue weighted by Crippen LogP contribution is -2.17. The highest BCUT2D eigenvalue weighted by Gasteiger charge is 2.09. The second-order valence-electron chi connectivity index (χ2n) is 1.43. The number of hydrogen-bond donors (Lipinski definition) is 0. The molecule has 58 valence electrons. The molecule has 0 spiro atoms. The maximum Gasteiger partial charge on any atom is 0.294 e. The van der Waals surface area contributed by atoms with Crippen LogP contribution in [0.15, 0.2) is 5.18 Å². The summed E-state index contributed by atoms with van der Waals surface area (Å²) in [7, 11) is 0. The molecule has 6 nitrogen and oxygen atoms in total. The van der Waals surface area contributed by atoms with Crippen LogP contribution >= 0.6 is 0 Å². The summed E-state index contributed by atoms with van der Waals surface area (Å²) in [6.07, 6.45) is 0. The Morgan fingerprint density at radius 1 is 1.80 bits per heavy atom. The minimum atomic E-state index is -1.27. The second kappa shape index (κ2) is 4.59. The van der Waals surface area contributed by atoms with Crippen LogP contribution in [0, 0.1) is 15.0 Å². The van der Waals surface area contributed by atoms with Crippen LogP contribution < -0.4 is 0 Å². The van der Waals surface area contributed by atoms with E-state index < -0.39 is 24.4 Å². The van der Waals surface area contributed by atoms with Crippen molar-refractivity contribution < 1.29 is 14.3 Å². The van der Waals surface area contributed by atoms with E-state index in [9.17, 15) is 19.4 Å². The highest BCUT2D eigenvalue weighted by molar-refractivity contribution is 4.60. The molecule has 7 heteroatoms. The van der Waals surface area contributed by atoms with E-state index in [1.54, 1.807) is 0 Å². The first kappa shape index (κ1) is 8.73. The third-order valence-corrected chi connectivity index (χ3v) is 0.700. The summed E-state index contributed by atoms with van der Waals surface area (Å²) in [6, 6.07) is -1.27. The Hall–Kier alpha value is -1.27. The molecule has 0 fully saturated rings. The minimum absolute atomic E-state index is 0.618. The van der Waals surface area contributed by atoms with Crippen molar-refractivity contribution in [2.45, 2.75) is 6.04 Å². The Morgan fingerprint density at radius 3 is 2.70 bits per heavy atom. The molecule has 0 aromatic heterocycles. The van der Waals surface area contributed by atoms with Gasteiger partial charge in [0.15, 0.2) is 0 Å². The molecule has 1 atom stereocenters. The van der Waals surface area contributed by atoms with Gasteiger partial charge < -0.3 is 4.84 Å². The summed E-state index contributed by atoms with van der Waals surface area (Å²) in [4.78, 5) is 22.7. The number of hydrogen-bond acceptors (Lipinski definition) is 5. The smallest absolute Gasteiger partial charge is 0.294 e. The van der Waals surface area contributed by atoms with Gasteiger partial charge in [0.25, 0.3) is 5.09 Å². The summed E-state index contributed by atoms with van der Waals surface area (Å²) < 4.78 is 11.5. The fourth-order valence-corrected chi connectivity index (χ4v) is 0.250. The van der Waals surface area contributed by atoms with E-state index in [1.165, 1.54) is 0 Å². The molecule has 0 aliphatic rings. The molecule has 0 aromatic rings. The van der Waals surface area contributed by atoms with Gasteiger partial charge in [-0.1, -0.05) is 5.18 Å². The Morgan fingerprint density at radius 2 is 2.40 bits per heavy atom. The molecule has 1 unspecified atom stereocenters. The van der Waals surface area contributed by atoms with Gasteiger partial charge in [-0.15, -0.1) is 10.1 Å². The fraction of sp³-hybridized carbons (Fsp3) is 1.00. The molecule has 0 heterocycles. The van der Waals surface area contributed by atoms with E-state index in [0.29, 0.717) is 0 Å². The van der Waals surface area contributed by atoms with E-state index in [4.69, 9.17) is 0 Å². The lowest BCUT2D eigenvalue weighted by molar-refractivity contribution is -0.758. The van der Waals surface area contributed by atoms with E-state index in [0.717, 1.165) is 0 Å². The molecule has 0 bridgehead atoms. The maximum atomic E-state index is 11.5. The fourth-order valence-electron chi connectivity index (χ4n) is 0.250. The number of nitroso groups, excluding NO2 is 1. The van der Waals surface area contributed by atoms with Crippen LogP contribution in [0.25, 0.3) is 0 Å². The van der Waals surface area contributed by atoms with Crippen LogP contribution in [-0.2, 0) is 4.84 Å². The molecule has 0 radical (unpaired) electrons. The molecular formula is C3H5FN2O4. The van der Waals surface area contributed by atoms with Crippen molar-refractivity contribution >= 4 is 0 Å². The second-order valence-corrected chi connectivity index (χ2v) is 1.43. The standard InChI is InChI=1S/C3H5FN2O4/c4-1-3(5-7)2-10-6(8)9/h3H,1-2H2. The number of nitrogens with zero attached hydrogens (tertiary/aromatic N) is 2. The number of alkyl halides is 1. The van der Waals surface area contributed by atoms with Crippen molar-refractivity contribution in [2.24, 2.45) is 5.18 Å². The van der Waals surface area contributed by atoms with Crippen LogP contribution in [-0.4, -0.2) is 24.4 Å². The monoisotopic (exact) mass is 152 g/mol. The van der Waals surface area contributed by atoms with Crippen molar-refractivity contribution in [1.29, 1.82) is 0 Å². The van der Waals surface area contributed by atoms with Crippen LogP contribution in [0.5, 0.6) is 0 Å². The molecule has 10 heavy (non-hydrogen) atoms. The summed E-state index contributed by atoms with van der Waals surface area (Å²) >= 11 is 0. The molecular weight excluding hydrogens is 147 g/mol. The van der Waals surface area contributed by atoms with Gasteiger partial charge in [0.05, 0.1) is 0 Å². The molecule has 0 aliphatic carbocycles. The lowest BCUT2D eigenvalue weighted by Gasteiger charge is -1.99. The third-order valence-electron chi connectivity index (χ3n) is 0.700. The number of halogens is 1. The first-order chi connectivity index (χ1) is 4.70. The lowest BCUT2D eigenvalue weighted by atomic mass is 10.4. The highest BCUT2D eigenvalue weighted by atomic mass is 19.1. The summed E-state index contributed by atoms with van der Waals surface area (Å²) in [5, 5.41) is 10.6. The van der Waals surface area contributed by atoms with Gasteiger partial charge in [-0.25, -0.2) is 4.39 Å². The molecule has 0 rings (SSSR count). The average Bonchev–Trinajstić information content (AvgIpc) is 1.90. The van der Waals surface area contributed by atoms with Gasteiger partial charge >= 0.3 is 0 Å². The highest BCUT2D eigenvalue weighted by Crippen LogP contribution is 1.92. The van der Waals surface area contributed by atoms with Gasteiger partial charge in [0.2, 0.25) is 0 Å². The first-order valence-corrected chi connectivity index (χ1v) is 2.36. The van der Waals surface area contributed by atoms with E-state index in [1.807, 2.05) is 0 Å². The van der Waals surface area contributed by atoms with Gasteiger partial charge in [0, 0.05) is 0 Å². The van der Waals surface area contributed by atoms with E-state index in [-0.39, 0.29) is 0 Å². The number of rotatable bonds is 5. The van der Waals surface area contributed by atoms with Crippen molar-refractivity contribution in [3.63, 3.8) is 0 Å². The Bertz CT molecular complexity index is 130. The molecule has 0 saturated carbocycles. The van der Waals surface area contributed by atoms with Gasteiger partial charge in [-0.2, -0.15) is 4.91 Å².